The molecule has 2 aromatic rings. The molecule has 104 valence electrons. The minimum Gasteiger partial charge on any atom is -0.478 e. The summed E-state index contributed by atoms with van der Waals surface area (Å²) in [6.45, 7) is 1.89. The number of aryl methyl sites for hydroxylation is 1. The van der Waals surface area contributed by atoms with Gasteiger partial charge in [-0.2, -0.15) is 0 Å². The number of rotatable bonds is 4. The number of para-hydroxylation sites is 1. The van der Waals surface area contributed by atoms with Gasteiger partial charge in [-0.25, -0.2) is 13.6 Å². The summed E-state index contributed by atoms with van der Waals surface area (Å²) in [6, 6.07) is 8.34. The predicted molar refractivity (Wildman–Crippen MR) is 69.2 cm³/mol. The van der Waals surface area contributed by atoms with Gasteiger partial charge >= 0.3 is 5.97 Å². The van der Waals surface area contributed by atoms with Crippen molar-refractivity contribution in [2.75, 3.05) is 0 Å². The Kier molecular flexibility index (Phi) is 3.98. The maximum absolute atomic E-state index is 13.8. The molecule has 0 aliphatic rings. The second kappa shape index (κ2) is 5.69. The molecule has 0 radical (unpaired) electrons. The SMILES string of the molecule is CCc1ccccc1Oc1c(F)cc(C(=O)O)cc1F. The molecular formula is C15H12F2O3. The Morgan fingerprint density at radius 1 is 1.20 bits per heavy atom. The van der Waals surface area contributed by atoms with Gasteiger partial charge in [0.15, 0.2) is 17.4 Å². The van der Waals surface area contributed by atoms with Crippen LogP contribution in [0.4, 0.5) is 8.78 Å². The van der Waals surface area contributed by atoms with E-state index in [9.17, 15) is 13.6 Å². The van der Waals surface area contributed by atoms with Crippen molar-refractivity contribution in [3.8, 4) is 11.5 Å². The Labute approximate surface area is 114 Å². The maximum Gasteiger partial charge on any atom is 0.335 e. The molecular weight excluding hydrogens is 266 g/mol. The maximum atomic E-state index is 13.8. The molecule has 0 fully saturated rings. The molecule has 0 unspecified atom stereocenters. The molecule has 0 aliphatic carbocycles. The standard InChI is InChI=1S/C15H12F2O3/c1-2-9-5-3-4-6-13(9)20-14-11(16)7-10(15(18)19)8-12(14)17/h3-8H,2H2,1H3,(H,18,19). The quantitative estimate of drug-likeness (QED) is 0.918. The van der Waals surface area contributed by atoms with E-state index in [-0.39, 0.29) is 0 Å². The van der Waals surface area contributed by atoms with E-state index >= 15 is 0 Å². The molecule has 0 aromatic heterocycles. The van der Waals surface area contributed by atoms with Gasteiger partial charge < -0.3 is 9.84 Å². The third kappa shape index (κ3) is 2.77. The third-order valence-electron chi connectivity index (χ3n) is 2.81. The van der Waals surface area contributed by atoms with Crippen molar-refractivity contribution >= 4 is 5.97 Å². The van der Waals surface area contributed by atoms with Crippen molar-refractivity contribution in [2.45, 2.75) is 13.3 Å². The van der Waals surface area contributed by atoms with Crippen molar-refractivity contribution in [1.29, 1.82) is 0 Å². The molecule has 1 N–H and O–H groups in total. The minimum absolute atomic E-state index is 0.343. The molecule has 0 bridgehead atoms. The fourth-order valence-corrected chi connectivity index (χ4v) is 1.79. The van der Waals surface area contributed by atoms with Crippen LogP contribution in [0.1, 0.15) is 22.8 Å². The molecule has 0 spiro atoms. The first-order valence-corrected chi connectivity index (χ1v) is 6.01. The van der Waals surface area contributed by atoms with Crippen molar-refractivity contribution < 1.29 is 23.4 Å². The van der Waals surface area contributed by atoms with Gasteiger partial charge in [0.25, 0.3) is 0 Å². The second-order valence-electron chi connectivity index (χ2n) is 4.14. The van der Waals surface area contributed by atoms with Crippen LogP contribution in [0, 0.1) is 11.6 Å². The Balaban J connectivity index is 2.41. The van der Waals surface area contributed by atoms with Gasteiger partial charge in [0.1, 0.15) is 5.75 Å². The number of halogens is 2. The topological polar surface area (TPSA) is 46.5 Å². The molecule has 5 heteroatoms. The fraction of sp³-hybridized carbons (Fsp3) is 0.133. The molecule has 0 heterocycles. The van der Waals surface area contributed by atoms with Crippen LogP contribution < -0.4 is 4.74 Å². The van der Waals surface area contributed by atoms with E-state index in [2.05, 4.69) is 0 Å². The van der Waals surface area contributed by atoms with E-state index in [1.807, 2.05) is 6.92 Å². The van der Waals surface area contributed by atoms with Crippen LogP contribution in [0.3, 0.4) is 0 Å². The number of ether oxygens (including phenoxy) is 1. The van der Waals surface area contributed by atoms with Crippen LogP contribution >= 0.6 is 0 Å². The number of carboxylic acid groups (broad SMARTS) is 1. The predicted octanol–water partition coefficient (Wildman–Crippen LogP) is 4.02. The lowest BCUT2D eigenvalue weighted by molar-refractivity contribution is 0.0695. The highest BCUT2D eigenvalue weighted by atomic mass is 19.1. The summed E-state index contributed by atoms with van der Waals surface area (Å²) in [5.41, 5.74) is 0.338. The van der Waals surface area contributed by atoms with E-state index < -0.39 is 28.9 Å². The van der Waals surface area contributed by atoms with Crippen molar-refractivity contribution in [3.05, 3.63) is 59.2 Å². The van der Waals surface area contributed by atoms with Crippen LogP contribution in [-0.2, 0) is 6.42 Å². The number of hydrogen-bond acceptors (Lipinski definition) is 2. The van der Waals surface area contributed by atoms with Crippen molar-refractivity contribution in [2.24, 2.45) is 0 Å². The highest BCUT2D eigenvalue weighted by molar-refractivity contribution is 5.87. The zero-order valence-electron chi connectivity index (χ0n) is 10.7. The number of carboxylic acids is 1. The summed E-state index contributed by atoms with van der Waals surface area (Å²) in [5.74, 6) is -3.75. The van der Waals surface area contributed by atoms with Gasteiger partial charge in [0.05, 0.1) is 5.56 Å². The van der Waals surface area contributed by atoms with Crippen molar-refractivity contribution in [1.82, 2.24) is 0 Å². The highest BCUT2D eigenvalue weighted by Gasteiger charge is 2.17. The highest BCUT2D eigenvalue weighted by Crippen LogP contribution is 2.30. The molecule has 20 heavy (non-hydrogen) atoms. The molecule has 0 amide bonds. The van der Waals surface area contributed by atoms with E-state index in [0.29, 0.717) is 12.2 Å². The Morgan fingerprint density at radius 2 is 1.80 bits per heavy atom. The monoisotopic (exact) mass is 278 g/mol. The summed E-state index contributed by atoms with van der Waals surface area (Å²) in [7, 11) is 0. The Hall–Kier alpha value is -2.43. The van der Waals surface area contributed by atoms with Crippen LogP contribution in [0.2, 0.25) is 0 Å². The Morgan fingerprint density at radius 3 is 2.35 bits per heavy atom. The first-order valence-electron chi connectivity index (χ1n) is 6.01. The molecule has 0 saturated heterocycles. The number of benzene rings is 2. The third-order valence-corrected chi connectivity index (χ3v) is 2.81. The zero-order valence-corrected chi connectivity index (χ0v) is 10.7. The van der Waals surface area contributed by atoms with Crippen LogP contribution in [0.15, 0.2) is 36.4 Å². The lowest BCUT2D eigenvalue weighted by Crippen LogP contribution is -2.01. The average molecular weight is 278 g/mol. The molecule has 2 aromatic carbocycles. The van der Waals surface area contributed by atoms with Crippen LogP contribution in [-0.4, -0.2) is 11.1 Å². The zero-order chi connectivity index (χ0) is 14.7. The second-order valence-corrected chi connectivity index (χ2v) is 4.14. The van der Waals surface area contributed by atoms with Gasteiger partial charge in [-0.3, -0.25) is 0 Å². The summed E-state index contributed by atoms with van der Waals surface area (Å²) >= 11 is 0. The summed E-state index contributed by atoms with van der Waals surface area (Å²) in [4.78, 5) is 10.7. The minimum atomic E-state index is -1.40. The molecule has 3 nitrogen and oxygen atoms in total. The van der Waals surface area contributed by atoms with Gasteiger partial charge in [-0.1, -0.05) is 25.1 Å². The first-order chi connectivity index (χ1) is 9.52. The van der Waals surface area contributed by atoms with E-state index in [4.69, 9.17) is 9.84 Å². The summed E-state index contributed by atoms with van der Waals surface area (Å²) in [5, 5.41) is 8.72. The molecule has 0 saturated carbocycles. The molecule has 0 aliphatic heterocycles. The van der Waals surface area contributed by atoms with Gasteiger partial charge in [0.2, 0.25) is 0 Å². The van der Waals surface area contributed by atoms with Gasteiger partial charge in [-0.15, -0.1) is 0 Å². The van der Waals surface area contributed by atoms with E-state index in [0.717, 1.165) is 17.7 Å². The summed E-state index contributed by atoms with van der Waals surface area (Å²) in [6.07, 6.45) is 0.645. The number of carbonyl (C=O) groups is 1. The van der Waals surface area contributed by atoms with E-state index in [1.165, 1.54) is 0 Å². The van der Waals surface area contributed by atoms with Crippen LogP contribution in [0.25, 0.3) is 0 Å². The Bertz CT molecular complexity index is 630. The largest absolute Gasteiger partial charge is 0.478 e. The number of hydrogen-bond donors (Lipinski definition) is 1. The molecule has 2 rings (SSSR count). The van der Waals surface area contributed by atoms with Crippen LogP contribution in [0.5, 0.6) is 11.5 Å². The average Bonchev–Trinajstić information content (AvgIpc) is 2.42. The van der Waals surface area contributed by atoms with Gasteiger partial charge in [-0.05, 0) is 30.2 Å². The lowest BCUT2D eigenvalue weighted by atomic mass is 10.1. The van der Waals surface area contributed by atoms with Crippen molar-refractivity contribution in [3.63, 3.8) is 0 Å². The van der Waals surface area contributed by atoms with Gasteiger partial charge in [0, 0.05) is 0 Å². The molecule has 0 atom stereocenters. The smallest absolute Gasteiger partial charge is 0.335 e. The summed E-state index contributed by atoms with van der Waals surface area (Å²) < 4.78 is 32.8. The van der Waals surface area contributed by atoms with E-state index in [1.54, 1.807) is 24.3 Å². The fourth-order valence-electron chi connectivity index (χ4n) is 1.79. The first kappa shape index (κ1) is 14.0. The number of aromatic carboxylic acids is 1. The normalized spacial score (nSPS) is 10.3. The lowest BCUT2D eigenvalue weighted by Gasteiger charge is -2.11.